The minimum Gasteiger partial charge on any atom is -0.490 e. The van der Waals surface area contributed by atoms with E-state index < -0.39 is 12.1 Å². The highest BCUT2D eigenvalue weighted by molar-refractivity contribution is 6.01. The third-order valence-electron chi connectivity index (χ3n) is 8.56. The van der Waals surface area contributed by atoms with E-state index in [9.17, 15) is 19.5 Å². The number of carbonyl (C=O) groups excluding carboxylic acids is 3. The third kappa shape index (κ3) is 9.84. The van der Waals surface area contributed by atoms with Gasteiger partial charge >= 0.3 is 12.1 Å². The molecular weight excluding hydrogens is 610 g/mol. The predicted molar refractivity (Wildman–Crippen MR) is 190 cm³/mol. The molecule has 1 aliphatic rings. The summed E-state index contributed by atoms with van der Waals surface area (Å²) in [5.41, 5.74) is 1.46. The van der Waals surface area contributed by atoms with Crippen LogP contribution in [0.5, 0.6) is 5.75 Å². The molecule has 4 rings (SSSR count). The van der Waals surface area contributed by atoms with Crippen molar-refractivity contribution < 1.29 is 29.0 Å². The van der Waals surface area contributed by atoms with Gasteiger partial charge in [0.05, 0.1) is 36.1 Å². The van der Waals surface area contributed by atoms with Crippen LogP contribution >= 0.6 is 0 Å². The molecule has 11 heteroatoms. The number of nitrogens with zero attached hydrogens (tertiary/aromatic N) is 2. The standard InChI is InChI=1S/C37H51N5O6/c1-24(2)38-36(45)39-29-17-18-33-31(20-29)35(44)42(26(4)23-43)21-25(3)34(47-19-10-9-12-27(5)48-33)22-41(6)37(46)40-32-16-11-14-28-13-7-8-15-30(28)32/h7-8,11,13-18,20,24-27,34,43H,9-10,12,19,21-23H2,1-6H3,(H,40,46)(H2,38,39,45)/t25-,26+,27-,34-/m0/s1. The maximum Gasteiger partial charge on any atom is 0.321 e. The van der Waals surface area contributed by atoms with Crippen LogP contribution in [0.15, 0.2) is 60.7 Å². The summed E-state index contributed by atoms with van der Waals surface area (Å²) in [5.74, 6) is -0.128. The molecule has 0 aromatic heterocycles. The highest BCUT2D eigenvalue weighted by Gasteiger charge is 2.31. The Morgan fingerprint density at radius 2 is 1.77 bits per heavy atom. The fourth-order valence-corrected chi connectivity index (χ4v) is 5.79. The van der Waals surface area contributed by atoms with Gasteiger partial charge in [-0.1, -0.05) is 43.3 Å². The molecule has 260 valence electrons. The summed E-state index contributed by atoms with van der Waals surface area (Å²) in [5, 5.41) is 20.9. The molecule has 0 aliphatic carbocycles. The molecule has 3 aromatic carbocycles. The monoisotopic (exact) mass is 661 g/mol. The molecule has 5 amide bonds. The second-order valence-electron chi connectivity index (χ2n) is 13.1. The van der Waals surface area contributed by atoms with Crippen molar-refractivity contribution in [1.29, 1.82) is 0 Å². The lowest BCUT2D eigenvalue weighted by Gasteiger charge is -2.35. The van der Waals surface area contributed by atoms with Gasteiger partial charge in [-0.25, -0.2) is 9.59 Å². The number of aliphatic hydroxyl groups is 1. The first-order valence-corrected chi connectivity index (χ1v) is 16.9. The Balaban J connectivity index is 1.58. The Hall–Kier alpha value is -4.35. The van der Waals surface area contributed by atoms with Crippen LogP contribution in [-0.2, 0) is 4.74 Å². The van der Waals surface area contributed by atoms with Gasteiger partial charge in [0, 0.05) is 49.8 Å². The Morgan fingerprint density at radius 3 is 2.52 bits per heavy atom. The Morgan fingerprint density at radius 1 is 1.02 bits per heavy atom. The van der Waals surface area contributed by atoms with Crippen molar-refractivity contribution in [2.75, 3.05) is 44.0 Å². The fraction of sp³-hybridized carbons (Fsp3) is 0.486. The smallest absolute Gasteiger partial charge is 0.321 e. The Kier molecular flexibility index (Phi) is 13.0. The minimum absolute atomic E-state index is 0.0611. The average molecular weight is 662 g/mol. The van der Waals surface area contributed by atoms with E-state index in [4.69, 9.17) is 9.47 Å². The van der Waals surface area contributed by atoms with Gasteiger partial charge in [0.25, 0.3) is 5.91 Å². The van der Waals surface area contributed by atoms with Crippen molar-refractivity contribution >= 4 is 40.1 Å². The number of amides is 5. The van der Waals surface area contributed by atoms with Crippen LogP contribution in [0, 0.1) is 5.92 Å². The zero-order chi connectivity index (χ0) is 34.8. The summed E-state index contributed by atoms with van der Waals surface area (Å²) >= 11 is 0. The van der Waals surface area contributed by atoms with E-state index in [1.54, 1.807) is 42.0 Å². The summed E-state index contributed by atoms with van der Waals surface area (Å²) in [6, 6.07) is 17.5. The molecule has 0 saturated carbocycles. The number of likely N-dealkylation sites (N-methyl/N-ethyl adjacent to an activating group) is 1. The number of rotatable bonds is 7. The summed E-state index contributed by atoms with van der Waals surface area (Å²) in [4.78, 5) is 43.4. The molecule has 3 aromatic rings. The van der Waals surface area contributed by atoms with E-state index in [2.05, 4.69) is 16.0 Å². The molecule has 11 nitrogen and oxygen atoms in total. The molecule has 0 radical (unpaired) electrons. The number of anilines is 2. The lowest BCUT2D eigenvalue weighted by molar-refractivity contribution is -0.0115. The van der Waals surface area contributed by atoms with E-state index in [0.717, 1.165) is 35.7 Å². The zero-order valence-electron chi connectivity index (χ0n) is 29.0. The maximum atomic E-state index is 14.3. The van der Waals surface area contributed by atoms with Crippen LogP contribution < -0.4 is 20.7 Å². The molecule has 0 saturated heterocycles. The lowest BCUT2D eigenvalue weighted by atomic mass is 10.0. The van der Waals surface area contributed by atoms with E-state index in [1.807, 2.05) is 70.2 Å². The van der Waals surface area contributed by atoms with Gasteiger partial charge in [-0.05, 0) is 76.6 Å². The van der Waals surface area contributed by atoms with Crippen LogP contribution in [0.4, 0.5) is 21.0 Å². The third-order valence-corrected chi connectivity index (χ3v) is 8.56. The summed E-state index contributed by atoms with van der Waals surface area (Å²) in [6.45, 7) is 10.3. The first-order chi connectivity index (χ1) is 23.0. The van der Waals surface area contributed by atoms with Crippen molar-refractivity contribution in [2.45, 2.75) is 78.2 Å². The normalized spacial score (nSPS) is 19.9. The zero-order valence-corrected chi connectivity index (χ0v) is 29.0. The molecule has 0 unspecified atom stereocenters. The average Bonchev–Trinajstić information content (AvgIpc) is 3.05. The van der Waals surface area contributed by atoms with Crippen molar-refractivity contribution in [3.05, 3.63) is 66.2 Å². The number of nitrogens with one attached hydrogen (secondary N) is 3. The number of fused-ring (bicyclic) bond motifs is 2. The molecule has 4 N–H and O–H groups in total. The SMILES string of the molecule is CC(C)NC(=O)Nc1ccc2c(c1)C(=O)N([C@H](C)CO)C[C@H](C)[C@H](CN(C)C(=O)Nc1cccc3ccccc13)OCCCC[C@H](C)O2. The minimum atomic E-state index is -0.521. The van der Waals surface area contributed by atoms with Crippen LogP contribution in [0.3, 0.4) is 0 Å². The van der Waals surface area contributed by atoms with Crippen LogP contribution in [-0.4, -0.2) is 90.5 Å². The van der Waals surface area contributed by atoms with Crippen LogP contribution in [0.25, 0.3) is 10.8 Å². The number of urea groups is 2. The highest BCUT2D eigenvalue weighted by atomic mass is 16.5. The molecule has 0 spiro atoms. The summed E-state index contributed by atoms with van der Waals surface area (Å²) < 4.78 is 12.7. The molecule has 1 heterocycles. The van der Waals surface area contributed by atoms with Crippen LogP contribution in [0.1, 0.15) is 64.2 Å². The van der Waals surface area contributed by atoms with E-state index >= 15 is 0 Å². The van der Waals surface area contributed by atoms with Crippen molar-refractivity contribution in [3.63, 3.8) is 0 Å². The second kappa shape index (κ2) is 17.2. The van der Waals surface area contributed by atoms with Gasteiger partial charge in [-0.2, -0.15) is 0 Å². The maximum absolute atomic E-state index is 14.3. The first-order valence-electron chi connectivity index (χ1n) is 16.9. The van der Waals surface area contributed by atoms with E-state index in [1.165, 1.54) is 0 Å². The molecule has 0 fully saturated rings. The Labute approximate surface area is 284 Å². The molecule has 4 atom stereocenters. The molecular formula is C37H51N5O6. The van der Waals surface area contributed by atoms with Crippen molar-refractivity contribution in [3.8, 4) is 5.75 Å². The van der Waals surface area contributed by atoms with Gasteiger partial charge in [-0.15, -0.1) is 0 Å². The number of ether oxygens (including phenoxy) is 2. The van der Waals surface area contributed by atoms with Gasteiger partial charge in [0.15, 0.2) is 0 Å². The number of hydrogen-bond donors (Lipinski definition) is 4. The van der Waals surface area contributed by atoms with Crippen molar-refractivity contribution in [2.24, 2.45) is 5.92 Å². The first kappa shape index (κ1) is 36.5. The summed E-state index contributed by atoms with van der Waals surface area (Å²) in [7, 11) is 1.74. The molecule has 1 aliphatic heterocycles. The van der Waals surface area contributed by atoms with Gasteiger partial charge in [0.2, 0.25) is 0 Å². The number of benzene rings is 3. The molecule has 0 bridgehead atoms. The number of hydrogen-bond acceptors (Lipinski definition) is 6. The predicted octanol–water partition coefficient (Wildman–Crippen LogP) is 6.33. The van der Waals surface area contributed by atoms with E-state index in [-0.39, 0.29) is 54.7 Å². The highest BCUT2D eigenvalue weighted by Crippen LogP contribution is 2.29. The topological polar surface area (TPSA) is 132 Å². The van der Waals surface area contributed by atoms with Crippen LogP contribution in [0.2, 0.25) is 0 Å². The number of aliphatic hydroxyl groups excluding tert-OH is 1. The van der Waals surface area contributed by atoms with Crippen molar-refractivity contribution in [1.82, 2.24) is 15.1 Å². The van der Waals surface area contributed by atoms with Gasteiger partial charge < -0.3 is 40.3 Å². The fourth-order valence-electron chi connectivity index (χ4n) is 5.79. The summed E-state index contributed by atoms with van der Waals surface area (Å²) in [6.07, 6.45) is 1.84. The second-order valence-corrected chi connectivity index (χ2v) is 13.1. The molecule has 48 heavy (non-hydrogen) atoms. The van der Waals surface area contributed by atoms with Gasteiger partial charge in [0.1, 0.15) is 5.75 Å². The van der Waals surface area contributed by atoms with E-state index in [0.29, 0.717) is 24.6 Å². The lowest BCUT2D eigenvalue weighted by Crippen LogP contribution is -2.48. The largest absolute Gasteiger partial charge is 0.490 e. The number of carbonyl (C=O) groups is 3. The Bertz CT molecular complexity index is 1540. The quantitative estimate of drug-likeness (QED) is 0.234. The van der Waals surface area contributed by atoms with Gasteiger partial charge in [-0.3, -0.25) is 4.79 Å².